The molecule has 5 rings (SSSR count). The molecule has 3 heterocycles. The van der Waals surface area contributed by atoms with Gasteiger partial charge in [0, 0.05) is 38.3 Å². The molecule has 2 aliphatic rings. The van der Waals surface area contributed by atoms with Crippen molar-refractivity contribution in [1.82, 2.24) is 9.80 Å². The molecule has 0 aliphatic carbocycles. The van der Waals surface area contributed by atoms with Gasteiger partial charge in [-0.15, -0.1) is 0 Å². The van der Waals surface area contributed by atoms with Gasteiger partial charge in [-0.2, -0.15) is 0 Å². The van der Waals surface area contributed by atoms with E-state index in [4.69, 9.17) is 9.15 Å². The lowest BCUT2D eigenvalue weighted by Gasteiger charge is -2.29. The smallest absolute Gasteiger partial charge is 0.290 e. The number of rotatable bonds is 6. The van der Waals surface area contributed by atoms with E-state index in [9.17, 15) is 24.1 Å². The highest BCUT2D eigenvalue weighted by molar-refractivity contribution is 5.99. The summed E-state index contributed by atoms with van der Waals surface area (Å²) >= 11 is 0. The molecule has 2 aromatic carbocycles. The summed E-state index contributed by atoms with van der Waals surface area (Å²) in [5.41, 5.74) is -0.0451. The first kappa shape index (κ1) is 22.2. The highest BCUT2D eigenvalue weighted by atomic mass is 19.1. The lowest BCUT2D eigenvalue weighted by atomic mass is 9.98. The fourth-order valence-corrected chi connectivity index (χ4v) is 4.67. The van der Waals surface area contributed by atoms with E-state index >= 15 is 0 Å². The Bertz CT molecular complexity index is 1330. The largest absolute Gasteiger partial charge is 0.450 e. The molecule has 1 saturated heterocycles. The molecule has 0 saturated carbocycles. The van der Waals surface area contributed by atoms with E-state index < -0.39 is 28.1 Å². The Morgan fingerprint density at radius 2 is 1.88 bits per heavy atom. The number of nitro benzene ring substituents is 1. The summed E-state index contributed by atoms with van der Waals surface area (Å²) in [6.45, 7) is 3.98. The second kappa shape index (κ2) is 8.96. The molecular formula is C24H22FN3O6. The van der Waals surface area contributed by atoms with Crippen molar-refractivity contribution in [1.29, 1.82) is 0 Å². The Morgan fingerprint density at radius 1 is 1.09 bits per heavy atom. The van der Waals surface area contributed by atoms with Crippen molar-refractivity contribution in [2.75, 3.05) is 39.4 Å². The normalized spacial score (nSPS) is 18.4. The summed E-state index contributed by atoms with van der Waals surface area (Å²) < 4.78 is 25.0. The van der Waals surface area contributed by atoms with Crippen LogP contribution in [0.25, 0.3) is 11.0 Å². The second-order valence-electron chi connectivity index (χ2n) is 8.38. The van der Waals surface area contributed by atoms with Crippen LogP contribution in [-0.2, 0) is 4.74 Å². The zero-order chi connectivity index (χ0) is 23.8. The molecule has 3 aromatic rings. The van der Waals surface area contributed by atoms with Crippen LogP contribution in [0.3, 0.4) is 0 Å². The van der Waals surface area contributed by atoms with E-state index in [-0.39, 0.29) is 28.0 Å². The molecule has 9 nitrogen and oxygen atoms in total. The van der Waals surface area contributed by atoms with Gasteiger partial charge in [0.25, 0.3) is 11.6 Å². The van der Waals surface area contributed by atoms with E-state index in [0.717, 1.165) is 31.8 Å². The second-order valence-corrected chi connectivity index (χ2v) is 8.38. The highest BCUT2D eigenvalue weighted by Crippen LogP contribution is 2.39. The van der Waals surface area contributed by atoms with Gasteiger partial charge in [-0.3, -0.25) is 24.6 Å². The van der Waals surface area contributed by atoms with Gasteiger partial charge < -0.3 is 14.1 Å². The number of halogens is 1. The number of carbonyl (C=O) groups is 1. The minimum absolute atomic E-state index is 0.0251. The summed E-state index contributed by atoms with van der Waals surface area (Å²) in [6.07, 6.45) is 0.632. The van der Waals surface area contributed by atoms with Gasteiger partial charge in [-0.1, -0.05) is 12.1 Å². The molecule has 176 valence electrons. The van der Waals surface area contributed by atoms with Crippen molar-refractivity contribution in [2.24, 2.45) is 0 Å². The zero-order valence-electron chi connectivity index (χ0n) is 18.2. The molecule has 0 N–H and O–H groups in total. The predicted octanol–water partition coefficient (Wildman–Crippen LogP) is 3.11. The van der Waals surface area contributed by atoms with E-state index in [0.29, 0.717) is 31.7 Å². The number of nitro groups is 1. The third-order valence-corrected chi connectivity index (χ3v) is 6.30. The number of benzene rings is 2. The molecule has 0 spiro atoms. The van der Waals surface area contributed by atoms with Crippen LogP contribution in [0.15, 0.2) is 51.7 Å². The number of morpholine rings is 1. The van der Waals surface area contributed by atoms with Crippen LogP contribution in [0.1, 0.15) is 34.1 Å². The van der Waals surface area contributed by atoms with Crippen LogP contribution < -0.4 is 5.43 Å². The first-order chi connectivity index (χ1) is 16.4. The van der Waals surface area contributed by atoms with Crippen LogP contribution in [0.4, 0.5) is 10.1 Å². The van der Waals surface area contributed by atoms with Crippen molar-refractivity contribution >= 4 is 22.6 Å². The quantitative estimate of drug-likeness (QED) is 0.405. The SMILES string of the molecule is O=C1c2oc3ccc(F)cc3c(=O)c2[C@H](c2cccc([N+](=O)[O-])c2)N1CCCN1CCOCC1. The Labute approximate surface area is 193 Å². The molecule has 1 fully saturated rings. The number of fused-ring (bicyclic) bond motifs is 2. The topological polar surface area (TPSA) is 106 Å². The van der Waals surface area contributed by atoms with Crippen molar-refractivity contribution < 1.29 is 23.3 Å². The highest BCUT2D eigenvalue weighted by Gasteiger charge is 2.42. The average molecular weight is 467 g/mol. The molecule has 1 aromatic heterocycles. The maximum Gasteiger partial charge on any atom is 0.290 e. The van der Waals surface area contributed by atoms with Gasteiger partial charge in [-0.25, -0.2) is 4.39 Å². The maximum atomic E-state index is 13.9. The Kier molecular flexibility index (Phi) is 5.84. The minimum atomic E-state index is -0.865. The third kappa shape index (κ3) is 3.95. The molecule has 0 bridgehead atoms. The van der Waals surface area contributed by atoms with Crippen LogP contribution in [-0.4, -0.2) is 60.0 Å². The van der Waals surface area contributed by atoms with Gasteiger partial charge in [-0.05, 0) is 30.2 Å². The summed E-state index contributed by atoms with van der Waals surface area (Å²) in [5, 5.41) is 11.4. The first-order valence-corrected chi connectivity index (χ1v) is 11.1. The van der Waals surface area contributed by atoms with E-state index in [1.807, 2.05) is 0 Å². The Balaban J connectivity index is 1.56. The number of amides is 1. The van der Waals surface area contributed by atoms with E-state index in [1.165, 1.54) is 29.2 Å². The molecular weight excluding hydrogens is 445 g/mol. The molecule has 1 amide bonds. The summed E-state index contributed by atoms with van der Waals surface area (Å²) in [4.78, 5) is 41.4. The van der Waals surface area contributed by atoms with Gasteiger partial charge in [0.2, 0.25) is 5.76 Å². The molecule has 0 unspecified atom stereocenters. The van der Waals surface area contributed by atoms with Crippen LogP contribution >= 0.6 is 0 Å². The zero-order valence-corrected chi connectivity index (χ0v) is 18.2. The number of nitrogens with zero attached hydrogens (tertiary/aromatic N) is 3. The van der Waals surface area contributed by atoms with E-state index in [1.54, 1.807) is 6.07 Å². The lowest BCUT2D eigenvalue weighted by Crippen LogP contribution is -2.38. The molecule has 34 heavy (non-hydrogen) atoms. The fourth-order valence-electron chi connectivity index (χ4n) is 4.67. The molecule has 2 aliphatic heterocycles. The van der Waals surface area contributed by atoms with Crippen LogP contribution in [0.2, 0.25) is 0 Å². The Hall–Kier alpha value is -3.63. The average Bonchev–Trinajstić information content (AvgIpc) is 3.12. The third-order valence-electron chi connectivity index (χ3n) is 6.30. The number of ether oxygens (including phenoxy) is 1. The van der Waals surface area contributed by atoms with E-state index in [2.05, 4.69) is 4.90 Å². The number of hydrogen-bond donors (Lipinski definition) is 0. The van der Waals surface area contributed by atoms with Crippen molar-refractivity contribution in [3.63, 3.8) is 0 Å². The van der Waals surface area contributed by atoms with Gasteiger partial charge in [0.05, 0.1) is 35.1 Å². The van der Waals surface area contributed by atoms with Crippen molar-refractivity contribution in [2.45, 2.75) is 12.5 Å². The molecule has 0 radical (unpaired) electrons. The predicted molar refractivity (Wildman–Crippen MR) is 120 cm³/mol. The number of hydrogen-bond acceptors (Lipinski definition) is 7. The maximum absolute atomic E-state index is 13.9. The molecule has 1 atom stereocenters. The number of carbonyl (C=O) groups excluding carboxylic acids is 1. The standard InChI is InChI=1S/C24H22FN3O6/c25-16-5-6-19-18(14-16)22(29)20-21(15-3-1-4-17(13-15)28(31)32)27(24(30)23(20)34-19)8-2-7-26-9-11-33-12-10-26/h1,3-6,13-14,21H,2,7-12H2/t21-/m0/s1. The van der Waals surface area contributed by atoms with Crippen LogP contribution in [0, 0.1) is 15.9 Å². The summed E-state index contributed by atoms with van der Waals surface area (Å²) in [7, 11) is 0. The van der Waals surface area contributed by atoms with Crippen molar-refractivity contribution in [3.05, 3.63) is 85.5 Å². The van der Waals surface area contributed by atoms with Gasteiger partial charge >= 0.3 is 0 Å². The van der Waals surface area contributed by atoms with Crippen LogP contribution in [0.5, 0.6) is 0 Å². The van der Waals surface area contributed by atoms with Gasteiger partial charge in [0.1, 0.15) is 11.4 Å². The minimum Gasteiger partial charge on any atom is -0.450 e. The first-order valence-electron chi connectivity index (χ1n) is 11.1. The summed E-state index contributed by atoms with van der Waals surface area (Å²) in [6, 6.07) is 8.57. The monoisotopic (exact) mass is 467 g/mol. The summed E-state index contributed by atoms with van der Waals surface area (Å²) in [5.74, 6) is -1.16. The molecule has 10 heteroatoms. The Morgan fingerprint density at radius 3 is 2.65 bits per heavy atom. The number of non-ortho nitro benzene ring substituents is 1. The van der Waals surface area contributed by atoms with Crippen molar-refractivity contribution in [3.8, 4) is 0 Å². The lowest BCUT2D eigenvalue weighted by molar-refractivity contribution is -0.384. The van der Waals surface area contributed by atoms with Gasteiger partial charge in [0.15, 0.2) is 5.43 Å². The fraction of sp³-hybridized carbons (Fsp3) is 0.333.